The van der Waals surface area contributed by atoms with E-state index >= 15 is 0 Å². The van der Waals surface area contributed by atoms with Crippen molar-refractivity contribution in [3.63, 3.8) is 0 Å². The lowest BCUT2D eigenvalue weighted by Crippen LogP contribution is -2.49. The van der Waals surface area contributed by atoms with E-state index in [0.29, 0.717) is 0 Å². The normalized spacial score (nSPS) is 28.3. The van der Waals surface area contributed by atoms with Gasteiger partial charge in [0.25, 0.3) is 0 Å². The van der Waals surface area contributed by atoms with Gasteiger partial charge in [-0.25, -0.2) is 10.0 Å². The van der Waals surface area contributed by atoms with E-state index < -0.39 is 0 Å². The second kappa shape index (κ2) is 5.66. The summed E-state index contributed by atoms with van der Waals surface area (Å²) in [5.41, 5.74) is 0. The molecule has 2 aliphatic rings. The van der Waals surface area contributed by atoms with E-state index in [-0.39, 0.29) is 0 Å². The molecule has 82 valence electrons. The Morgan fingerprint density at radius 1 is 0.643 bits per heavy atom. The van der Waals surface area contributed by atoms with Gasteiger partial charge < -0.3 is 10.6 Å². The zero-order valence-corrected chi connectivity index (χ0v) is 8.97. The Balaban J connectivity index is 1.83. The van der Waals surface area contributed by atoms with E-state index in [9.17, 15) is 0 Å². The van der Waals surface area contributed by atoms with Crippen molar-refractivity contribution in [1.82, 2.24) is 20.7 Å². The predicted octanol–water partition coefficient (Wildman–Crippen LogP) is 0.187. The average Bonchev–Trinajstić information content (AvgIpc) is 2.62. The van der Waals surface area contributed by atoms with Gasteiger partial charge in [0.1, 0.15) is 0 Å². The van der Waals surface area contributed by atoms with E-state index in [0.717, 1.165) is 13.3 Å². The van der Waals surface area contributed by atoms with Gasteiger partial charge in [-0.3, -0.25) is 0 Å². The van der Waals surface area contributed by atoms with Crippen molar-refractivity contribution < 1.29 is 0 Å². The fraction of sp³-hybridized carbons (Fsp3) is 1.00. The first kappa shape index (κ1) is 10.4. The first-order valence-corrected chi connectivity index (χ1v) is 5.88. The molecule has 2 heterocycles. The van der Waals surface area contributed by atoms with E-state index in [1.54, 1.807) is 0 Å². The highest BCUT2D eigenvalue weighted by atomic mass is 15.7. The summed E-state index contributed by atoms with van der Waals surface area (Å²) in [5, 5.41) is 11.9. The molecule has 4 heteroatoms. The molecule has 0 aromatic rings. The highest BCUT2D eigenvalue weighted by Gasteiger charge is 2.17. The molecule has 14 heavy (non-hydrogen) atoms. The van der Waals surface area contributed by atoms with Gasteiger partial charge >= 0.3 is 0 Å². The SMILES string of the molecule is C1CCN(N2CCCCNC2)CNC1. The van der Waals surface area contributed by atoms with Crippen LogP contribution in [0.1, 0.15) is 25.7 Å². The first-order valence-electron chi connectivity index (χ1n) is 5.88. The Kier molecular flexibility index (Phi) is 4.19. The van der Waals surface area contributed by atoms with Gasteiger partial charge in [-0.15, -0.1) is 0 Å². The molecular formula is C10H22N4. The molecule has 0 aromatic carbocycles. The number of hydrogen-bond acceptors (Lipinski definition) is 4. The summed E-state index contributed by atoms with van der Waals surface area (Å²) in [6, 6.07) is 0. The molecule has 0 aliphatic carbocycles. The Bertz CT molecular complexity index is 128. The van der Waals surface area contributed by atoms with Crippen molar-refractivity contribution in [2.24, 2.45) is 0 Å². The van der Waals surface area contributed by atoms with Gasteiger partial charge in [0, 0.05) is 13.1 Å². The highest BCUT2D eigenvalue weighted by molar-refractivity contribution is 4.65. The number of hydrazine groups is 1. The minimum absolute atomic E-state index is 1.03. The maximum Gasteiger partial charge on any atom is 0.0623 e. The molecule has 4 nitrogen and oxygen atoms in total. The largest absolute Gasteiger partial charge is 0.303 e. The second-order valence-corrected chi connectivity index (χ2v) is 4.19. The maximum atomic E-state index is 3.47. The van der Waals surface area contributed by atoms with Crippen LogP contribution in [-0.2, 0) is 0 Å². The van der Waals surface area contributed by atoms with Crippen LogP contribution in [0.3, 0.4) is 0 Å². The Morgan fingerprint density at radius 3 is 1.64 bits per heavy atom. The summed E-state index contributed by atoms with van der Waals surface area (Å²) in [6.07, 6.45) is 5.28. The lowest BCUT2D eigenvalue weighted by molar-refractivity contribution is -0.0287. The van der Waals surface area contributed by atoms with Gasteiger partial charge in [0.05, 0.1) is 13.3 Å². The zero-order valence-electron chi connectivity index (χ0n) is 8.97. The summed E-state index contributed by atoms with van der Waals surface area (Å²) in [4.78, 5) is 0. The third-order valence-corrected chi connectivity index (χ3v) is 3.03. The van der Waals surface area contributed by atoms with Crippen LogP contribution >= 0.6 is 0 Å². The fourth-order valence-corrected chi connectivity index (χ4v) is 2.15. The summed E-state index contributed by atoms with van der Waals surface area (Å²) in [5.74, 6) is 0. The van der Waals surface area contributed by atoms with Crippen LogP contribution in [0.15, 0.2) is 0 Å². The number of hydrogen-bond donors (Lipinski definition) is 2. The van der Waals surface area contributed by atoms with Crippen molar-refractivity contribution in [3.05, 3.63) is 0 Å². The molecular weight excluding hydrogens is 176 g/mol. The average molecular weight is 198 g/mol. The van der Waals surface area contributed by atoms with E-state index in [2.05, 4.69) is 20.7 Å². The maximum absolute atomic E-state index is 3.47. The van der Waals surface area contributed by atoms with Crippen molar-refractivity contribution in [1.29, 1.82) is 0 Å². The number of nitrogens with zero attached hydrogens (tertiary/aromatic N) is 2. The Morgan fingerprint density at radius 2 is 1.14 bits per heavy atom. The van der Waals surface area contributed by atoms with Crippen molar-refractivity contribution in [2.75, 3.05) is 39.5 Å². The molecule has 2 N–H and O–H groups in total. The predicted molar refractivity (Wildman–Crippen MR) is 57.6 cm³/mol. The molecule has 0 unspecified atom stereocenters. The smallest absolute Gasteiger partial charge is 0.0623 e. The molecule has 0 atom stereocenters. The number of nitrogens with one attached hydrogen (secondary N) is 2. The van der Waals surface area contributed by atoms with Crippen LogP contribution in [0.25, 0.3) is 0 Å². The minimum atomic E-state index is 1.03. The molecule has 0 saturated carbocycles. The summed E-state index contributed by atoms with van der Waals surface area (Å²) in [7, 11) is 0. The molecule has 2 fully saturated rings. The monoisotopic (exact) mass is 198 g/mol. The molecule has 0 bridgehead atoms. The highest BCUT2D eigenvalue weighted by Crippen LogP contribution is 2.06. The van der Waals surface area contributed by atoms with Gasteiger partial charge in [-0.05, 0) is 38.8 Å². The van der Waals surface area contributed by atoms with Crippen LogP contribution in [0.2, 0.25) is 0 Å². The Labute approximate surface area is 86.6 Å². The summed E-state index contributed by atoms with van der Waals surface area (Å²) < 4.78 is 0. The van der Waals surface area contributed by atoms with Crippen molar-refractivity contribution in [3.8, 4) is 0 Å². The zero-order chi connectivity index (χ0) is 9.64. The molecule has 2 aliphatic heterocycles. The van der Waals surface area contributed by atoms with Crippen LogP contribution in [0.5, 0.6) is 0 Å². The van der Waals surface area contributed by atoms with E-state index in [1.165, 1.54) is 51.9 Å². The first-order chi connectivity index (χ1) is 6.97. The molecule has 2 rings (SSSR count). The lowest BCUT2D eigenvalue weighted by atomic mass is 10.3. The third kappa shape index (κ3) is 2.92. The van der Waals surface area contributed by atoms with E-state index in [1.807, 2.05) is 0 Å². The minimum Gasteiger partial charge on any atom is -0.303 e. The summed E-state index contributed by atoms with van der Waals surface area (Å²) >= 11 is 0. The second-order valence-electron chi connectivity index (χ2n) is 4.19. The van der Waals surface area contributed by atoms with Gasteiger partial charge in [0.2, 0.25) is 0 Å². The van der Waals surface area contributed by atoms with Crippen molar-refractivity contribution >= 4 is 0 Å². The van der Waals surface area contributed by atoms with Crippen LogP contribution in [-0.4, -0.2) is 49.5 Å². The third-order valence-electron chi connectivity index (χ3n) is 3.03. The van der Waals surface area contributed by atoms with E-state index in [4.69, 9.17) is 0 Å². The topological polar surface area (TPSA) is 30.5 Å². The van der Waals surface area contributed by atoms with Gasteiger partial charge in [-0.2, -0.15) is 0 Å². The number of rotatable bonds is 1. The van der Waals surface area contributed by atoms with Crippen molar-refractivity contribution in [2.45, 2.75) is 25.7 Å². The molecule has 2 saturated heterocycles. The molecule has 0 spiro atoms. The molecule has 0 aromatic heterocycles. The van der Waals surface area contributed by atoms with Crippen LogP contribution in [0, 0.1) is 0 Å². The summed E-state index contributed by atoms with van der Waals surface area (Å²) in [6.45, 7) is 6.85. The van der Waals surface area contributed by atoms with Gasteiger partial charge in [0.15, 0.2) is 0 Å². The molecule has 0 radical (unpaired) electrons. The quantitative estimate of drug-likeness (QED) is 0.629. The van der Waals surface area contributed by atoms with Crippen LogP contribution < -0.4 is 10.6 Å². The standard InChI is InChI=1S/C10H22N4/c1-3-7-13(9-11-5-1)14-8-4-2-6-12-10-14/h11-12H,1-10H2. The Hall–Kier alpha value is -0.160. The van der Waals surface area contributed by atoms with Crippen LogP contribution in [0.4, 0.5) is 0 Å². The lowest BCUT2D eigenvalue weighted by Gasteiger charge is -2.32. The fourth-order valence-electron chi connectivity index (χ4n) is 2.15. The van der Waals surface area contributed by atoms with Gasteiger partial charge in [-0.1, -0.05) is 0 Å². The molecule has 0 amide bonds.